The molecule has 1 aliphatic heterocycles. The highest BCUT2D eigenvalue weighted by Crippen LogP contribution is 2.32. The Bertz CT molecular complexity index is 1020. The minimum atomic E-state index is -0.338. The maximum absolute atomic E-state index is 13.3. The zero-order valence-electron chi connectivity index (χ0n) is 13.3. The van der Waals surface area contributed by atoms with E-state index < -0.39 is 0 Å². The Labute approximate surface area is 156 Å². The monoisotopic (exact) mass is 385 g/mol. The quantitative estimate of drug-likeness (QED) is 0.707. The molecule has 2 heterocycles. The molecule has 2 aromatic carbocycles. The summed E-state index contributed by atoms with van der Waals surface area (Å²) in [5.41, 5.74) is 2.31. The van der Waals surface area contributed by atoms with Crippen LogP contribution in [-0.2, 0) is 4.79 Å². The van der Waals surface area contributed by atoms with E-state index in [2.05, 4.69) is 15.6 Å². The molecular formula is C18H12FN3O2S2. The van der Waals surface area contributed by atoms with Gasteiger partial charge in [0.05, 0.1) is 17.1 Å². The van der Waals surface area contributed by atoms with Crippen LogP contribution in [0.25, 0.3) is 11.3 Å². The number of hydrogen-bond acceptors (Lipinski definition) is 5. The molecule has 0 spiro atoms. The Morgan fingerprint density at radius 1 is 1.23 bits per heavy atom. The lowest BCUT2D eigenvalue weighted by Crippen LogP contribution is -2.19. The molecule has 3 aromatic rings. The number of hydrogen-bond donors (Lipinski definition) is 2. The molecule has 0 fully saturated rings. The smallest absolute Gasteiger partial charge is 0.257 e. The van der Waals surface area contributed by atoms with Gasteiger partial charge < -0.3 is 5.32 Å². The predicted molar refractivity (Wildman–Crippen MR) is 101 cm³/mol. The molecule has 0 bridgehead atoms. The Morgan fingerprint density at radius 2 is 2.12 bits per heavy atom. The number of thioether (sulfide) groups is 1. The lowest BCUT2D eigenvalue weighted by Gasteiger charge is -2.16. The summed E-state index contributed by atoms with van der Waals surface area (Å²) in [4.78, 5) is 29.2. The van der Waals surface area contributed by atoms with Crippen LogP contribution >= 0.6 is 23.1 Å². The Balaban J connectivity index is 1.52. The normalized spacial score (nSPS) is 13.0. The van der Waals surface area contributed by atoms with E-state index in [1.165, 1.54) is 35.2 Å². The minimum Gasteiger partial charge on any atom is -0.324 e. The minimum absolute atomic E-state index is 0.0836. The lowest BCUT2D eigenvalue weighted by atomic mass is 10.2. The molecule has 0 saturated heterocycles. The van der Waals surface area contributed by atoms with Gasteiger partial charge in [-0.3, -0.25) is 14.9 Å². The van der Waals surface area contributed by atoms with Crippen molar-refractivity contribution in [2.45, 2.75) is 4.90 Å². The molecular weight excluding hydrogens is 373 g/mol. The standard InChI is InChI=1S/C18H12FN3O2S2/c19-12-3-1-2-10(6-12)14-8-26-18(21-14)22-17(24)11-4-5-15-13(7-11)20-16(23)9-25-15/h1-8H,9H2,(H,20,23)(H,21,22,24). The van der Waals surface area contributed by atoms with Crippen LogP contribution in [0, 0.1) is 5.82 Å². The summed E-state index contributed by atoms with van der Waals surface area (Å²) in [6, 6.07) is 11.3. The van der Waals surface area contributed by atoms with E-state index in [0.717, 1.165) is 4.90 Å². The first kappa shape index (κ1) is 16.7. The molecule has 8 heteroatoms. The number of carbonyl (C=O) groups excluding carboxylic acids is 2. The summed E-state index contributed by atoms with van der Waals surface area (Å²) in [5, 5.41) is 7.68. The van der Waals surface area contributed by atoms with E-state index in [9.17, 15) is 14.0 Å². The number of thiazole rings is 1. The SMILES string of the molecule is O=C1CSc2ccc(C(=O)Nc3nc(-c4cccc(F)c4)cs3)cc2N1. The molecule has 1 aromatic heterocycles. The van der Waals surface area contributed by atoms with Crippen LogP contribution in [0.1, 0.15) is 10.4 Å². The third-order valence-corrected chi connectivity index (χ3v) is 5.55. The van der Waals surface area contributed by atoms with Gasteiger partial charge in [-0.15, -0.1) is 23.1 Å². The number of halogens is 1. The van der Waals surface area contributed by atoms with E-state index in [4.69, 9.17) is 0 Å². The second-order valence-electron chi connectivity index (χ2n) is 5.55. The summed E-state index contributed by atoms with van der Waals surface area (Å²) in [6.45, 7) is 0. The van der Waals surface area contributed by atoms with Crippen LogP contribution in [0.5, 0.6) is 0 Å². The predicted octanol–water partition coefficient (Wildman–Crippen LogP) is 4.25. The van der Waals surface area contributed by atoms with E-state index in [1.807, 2.05) is 6.07 Å². The average Bonchev–Trinajstić information content (AvgIpc) is 3.09. The van der Waals surface area contributed by atoms with Crippen molar-refractivity contribution in [3.05, 3.63) is 59.2 Å². The second-order valence-corrected chi connectivity index (χ2v) is 7.43. The van der Waals surface area contributed by atoms with Crippen molar-refractivity contribution in [2.24, 2.45) is 0 Å². The van der Waals surface area contributed by atoms with Gasteiger partial charge in [0.15, 0.2) is 5.13 Å². The van der Waals surface area contributed by atoms with Crippen molar-refractivity contribution in [2.75, 3.05) is 16.4 Å². The number of anilines is 2. The van der Waals surface area contributed by atoms with Crippen LogP contribution in [0.3, 0.4) is 0 Å². The first-order chi connectivity index (χ1) is 12.6. The molecule has 0 aliphatic carbocycles. The van der Waals surface area contributed by atoms with Crippen molar-refractivity contribution in [1.29, 1.82) is 0 Å². The van der Waals surface area contributed by atoms with Crippen LogP contribution < -0.4 is 10.6 Å². The Hall–Kier alpha value is -2.71. The topological polar surface area (TPSA) is 71.1 Å². The van der Waals surface area contributed by atoms with Gasteiger partial charge in [0, 0.05) is 21.4 Å². The molecule has 5 nitrogen and oxygen atoms in total. The first-order valence-electron chi connectivity index (χ1n) is 7.68. The van der Waals surface area contributed by atoms with E-state index in [1.54, 1.807) is 29.6 Å². The van der Waals surface area contributed by atoms with Gasteiger partial charge in [0.2, 0.25) is 5.91 Å². The van der Waals surface area contributed by atoms with Gasteiger partial charge in [0.25, 0.3) is 5.91 Å². The molecule has 4 rings (SSSR count). The number of carbonyl (C=O) groups is 2. The number of amides is 2. The third-order valence-electron chi connectivity index (χ3n) is 3.72. The fourth-order valence-corrected chi connectivity index (χ4v) is 4.01. The lowest BCUT2D eigenvalue weighted by molar-refractivity contribution is -0.113. The molecule has 0 unspecified atom stereocenters. The molecule has 0 radical (unpaired) electrons. The molecule has 26 heavy (non-hydrogen) atoms. The first-order valence-corrected chi connectivity index (χ1v) is 9.54. The fourth-order valence-electron chi connectivity index (χ4n) is 2.51. The summed E-state index contributed by atoms with van der Waals surface area (Å²) < 4.78 is 13.3. The third kappa shape index (κ3) is 3.47. The number of rotatable bonds is 3. The maximum atomic E-state index is 13.3. The number of aromatic nitrogens is 1. The largest absolute Gasteiger partial charge is 0.324 e. The summed E-state index contributed by atoms with van der Waals surface area (Å²) in [5.74, 6) is -0.368. The van der Waals surface area contributed by atoms with Crippen LogP contribution in [-0.4, -0.2) is 22.6 Å². The van der Waals surface area contributed by atoms with Gasteiger partial charge >= 0.3 is 0 Å². The Morgan fingerprint density at radius 3 is 2.96 bits per heavy atom. The van der Waals surface area contributed by atoms with E-state index >= 15 is 0 Å². The fraction of sp³-hybridized carbons (Fsp3) is 0.0556. The van der Waals surface area contributed by atoms with Crippen LogP contribution in [0.2, 0.25) is 0 Å². The van der Waals surface area contributed by atoms with Gasteiger partial charge in [0.1, 0.15) is 5.82 Å². The summed E-state index contributed by atoms with van der Waals surface area (Å²) >= 11 is 2.70. The number of nitrogens with zero attached hydrogens (tertiary/aromatic N) is 1. The summed E-state index contributed by atoms with van der Waals surface area (Å²) in [6.07, 6.45) is 0. The van der Waals surface area contributed by atoms with Crippen LogP contribution in [0.4, 0.5) is 15.2 Å². The van der Waals surface area contributed by atoms with Gasteiger partial charge in [-0.25, -0.2) is 9.37 Å². The van der Waals surface area contributed by atoms with Crippen molar-refractivity contribution < 1.29 is 14.0 Å². The second kappa shape index (κ2) is 6.89. The average molecular weight is 385 g/mol. The van der Waals surface area contributed by atoms with Crippen molar-refractivity contribution in [1.82, 2.24) is 4.98 Å². The molecule has 130 valence electrons. The van der Waals surface area contributed by atoms with Crippen molar-refractivity contribution >= 4 is 45.7 Å². The van der Waals surface area contributed by atoms with Crippen molar-refractivity contribution in [3.8, 4) is 11.3 Å². The molecule has 2 N–H and O–H groups in total. The van der Waals surface area contributed by atoms with Gasteiger partial charge in [-0.05, 0) is 30.3 Å². The zero-order chi connectivity index (χ0) is 18.1. The summed E-state index contributed by atoms with van der Waals surface area (Å²) in [7, 11) is 0. The van der Waals surface area contributed by atoms with E-state index in [0.29, 0.717) is 33.4 Å². The molecule has 1 aliphatic rings. The van der Waals surface area contributed by atoms with Gasteiger partial charge in [-0.2, -0.15) is 0 Å². The van der Waals surface area contributed by atoms with Gasteiger partial charge in [-0.1, -0.05) is 12.1 Å². The Kier molecular flexibility index (Phi) is 4.44. The number of benzene rings is 2. The highest BCUT2D eigenvalue weighted by Gasteiger charge is 2.18. The van der Waals surface area contributed by atoms with E-state index in [-0.39, 0.29) is 17.6 Å². The van der Waals surface area contributed by atoms with Crippen LogP contribution in [0.15, 0.2) is 52.7 Å². The number of fused-ring (bicyclic) bond motifs is 1. The molecule has 0 saturated carbocycles. The maximum Gasteiger partial charge on any atom is 0.257 e. The highest BCUT2D eigenvalue weighted by atomic mass is 32.2. The molecule has 0 atom stereocenters. The molecule has 2 amide bonds. The zero-order valence-corrected chi connectivity index (χ0v) is 14.9. The highest BCUT2D eigenvalue weighted by molar-refractivity contribution is 8.00. The van der Waals surface area contributed by atoms with Crippen molar-refractivity contribution in [3.63, 3.8) is 0 Å². The number of nitrogens with one attached hydrogen (secondary N) is 2.